The van der Waals surface area contributed by atoms with Gasteiger partial charge in [-0.2, -0.15) is 4.98 Å². The number of nitrogens with two attached hydrogens (primary N) is 1. The molecule has 0 fully saturated rings. The third-order valence-corrected chi connectivity index (χ3v) is 3.47. The fraction of sp³-hybridized carbons (Fsp3) is 0. The Morgan fingerprint density at radius 2 is 1.95 bits per heavy atom. The monoisotopic (exact) mass is 296 g/mol. The molecule has 0 saturated heterocycles. The molecule has 0 radical (unpaired) electrons. The predicted molar refractivity (Wildman–Crippen MR) is 81.8 cm³/mol. The van der Waals surface area contributed by atoms with E-state index in [1.165, 1.54) is 6.07 Å². The first-order chi connectivity index (χ1) is 10.1. The Morgan fingerprint density at radius 3 is 2.76 bits per heavy atom. The highest BCUT2D eigenvalue weighted by Gasteiger charge is 2.17. The van der Waals surface area contributed by atoms with E-state index in [0.29, 0.717) is 27.7 Å². The van der Waals surface area contributed by atoms with Crippen LogP contribution in [0.2, 0.25) is 0 Å². The van der Waals surface area contributed by atoms with E-state index in [9.17, 15) is 4.79 Å². The van der Waals surface area contributed by atoms with Gasteiger partial charge in [-0.05, 0) is 12.2 Å². The van der Waals surface area contributed by atoms with Gasteiger partial charge >= 0.3 is 0 Å². The van der Waals surface area contributed by atoms with Crippen LogP contribution in [-0.2, 0) is 0 Å². The van der Waals surface area contributed by atoms with Gasteiger partial charge in [0, 0.05) is 16.8 Å². The van der Waals surface area contributed by atoms with Gasteiger partial charge in [0.15, 0.2) is 16.7 Å². The topological polar surface area (TPSA) is 97.8 Å². The van der Waals surface area contributed by atoms with Crippen LogP contribution >= 0.6 is 12.2 Å². The molecule has 4 rings (SSSR count). The third-order valence-electron chi connectivity index (χ3n) is 3.28. The van der Waals surface area contributed by atoms with Crippen molar-refractivity contribution < 1.29 is 4.42 Å². The second kappa shape index (κ2) is 4.10. The molecule has 2 aromatic rings. The molecule has 1 aromatic heterocycles. The average Bonchev–Trinajstić information content (AvgIpc) is 2.46. The second-order valence-electron chi connectivity index (χ2n) is 4.59. The summed E-state index contributed by atoms with van der Waals surface area (Å²) in [4.78, 5) is 23.4. The van der Waals surface area contributed by atoms with Crippen molar-refractivity contribution in [3.05, 3.63) is 45.3 Å². The molecule has 6 nitrogen and oxygen atoms in total. The van der Waals surface area contributed by atoms with E-state index in [2.05, 4.69) is 15.0 Å². The maximum atomic E-state index is 12.1. The summed E-state index contributed by atoms with van der Waals surface area (Å²) < 4.78 is 5.86. The second-order valence-corrected chi connectivity index (χ2v) is 4.98. The van der Waals surface area contributed by atoms with Gasteiger partial charge in [0.1, 0.15) is 11.5 Å². The Bertz CT molecular complexity index is 1100. The van der Waals surface area contributed by atoms with Crippen LogP contribution in [0.5, 0.6) is 0 Å². The van der Waals surface area contributed by atoms with Gasteiger partial charge in [-0.3, -0.25) is 4.79 Å². The molecule has 0 amide bonds. The molecule has 0 atom stereocenters. The lowest BCUT2D eigenvalue weighted by Crippen LogP contribution is -2.05. The number of hydrogen-bond acceptors (Lipinski definition) is 6. The van der Waals surface area contributed by atoms with Crippen molar-refractivity contribution in [3.8, 4) is 11.5 Å². The molecule has 3 N–H and O–H groups in total. The summed E-state index contributed by atoms with van der Waals surface area (Å²) in [7, 11) is 0. The molecule has 102 valence electrons. The van der Waals surface area contributed by atoms with E-state index < -0.39 is 0 Å². The third kappa shape index (κ3) is 1.71. The quantitative estimate of drug-likeness (QED) is 0.294. The normalized spacial score (nSPS) is 11.4. The number of benzene rings is 2. The van der Waals surface area contributed by atoms with Gasteiger partial charge in [0.2, 0.25) is 4.77 Å². The van der Waals surface area contributed by atoms with Crippen LogP contribution < -0.4 is 11.2 Å². The van der Waals surface area contributed by atoms with Crippen molar-refractivity contribution in [1.82, 2.24) is 15.0 Å². The summed E-state index contributed by atoms with van der Waals surface area (Å²) in [6.07, 6.45) is 0. The number of nitrogens with zero attached hydrogens (tertiary/aromatic N) is 2. The zero-order valence-corrected chi connectivity index (χ0v) is 11.4. The number of hydrogen-bond donors (Lipinski definition) is 2. The first kappa shape index (κ1) is 12.0. The molecule has 21 heavy (non-hydrogen) atoms. The fourth-order valence-corrected chi connectivity index (χ4v) is 2.55. The SMILES string of the molecule is Nc1[nH]c(=S)nc2oc3cc(=O)c4ccccc4c-3nc12. The van der Waals surface area contributed by atoms with Gasteiger partial charge in [0.25, 0.3) is 5.71 Å². The minimum absolute atomic E-state index is 0.128. The van der Waals surface area contributed by atoms with Crippen LogP contribution in [0.3, 0.4) is 0 Å². The van der Waals surface area contributed by atoms with Crippen molar-refractivity contribution in [3.63, 3.8) is 0 Å². The average molecular weight is 296 g/mol. The lowest BCUT2D eigenvalue weighted by molar-refractivity contribution is 0.598. The lowest BCUT2D eigenvalue weighted by atomic mass is 10.1. The summed E-state index contributed by atoms with van der Waals surface area (Å²) in [5.74, 6) is 0.643. The first-order valence-electron chi connectivity index (χ1n) is 6.15. The summed E-state index contributed by atoms with van der Waals surface area (Å²) in [6.45, 7) is 0. The Labute approximate surface area is 122 Å². The highest BCUT2D eigenvalue weighted by molar-refractivity contribution is 7.71. The number of fused-ring (bicyclic) bond motifs is 4. The molecule has 2 aliphatic rings. The minimum Gasteiger partial charge on any atom is -0.434 e. The molecule has 0 bridgehead atoms. The molecule has 7 heteroatoms. The van der Waals surface area contributed by atoms with Gasteiger partial charge in [0.05, 0.1) is 0 Å². The summed E-state index contributed by atoms with van der Waals surface area (Å²) in [5, 5.41) is 1.30. The van der Waals surface area contributed by atoms with E-state index in [1.54, 1.807) is 12.1 Å². The van der Waals surface area contributed by atoms with E-state index in [4.69, 9.17) is 22.4 Å². The number of nitrogen functional groups attached to an aromatic ring is 1. The molecular weight excluding hydrogens is 288 g/mol. The van der Waals surface area contributed by atoms with E-state index in [-0.39, 0.29) is 21.7 Å². The fourth-order valence-electron chi connectivity index (χ4n) is 2.35. The number of nitrogens with one attached hydrogen (secondary N) is 1. The molecular formula is C14H8N4O2S. The molecule has 0 saturated carbocycles. The Balaban J connectivity index is 2.30. The van der Waals surface area contributed by atoms with Gasteiger partial charge < -0.3 is 15.1 Å². The molecule has 0 unspecified atom stereocenters. The predicted octanol–water partition coefficient (Wildman–Crippen LogP) is 2.48. The van der Waals surface area contributed by atoms with Crippen LogP contribution in [0.4, 0.5) is 5.82 Å². The summed E-state index contributed by atoms with van der Waals surface area (Å²) in [5.41, 5.74) is 6.91. The first-order valence-corrected chi connectivity index (χ1v) is 6.56. The number of anilines is 1. The number of H-pyrrole nitrogens is 1. The maximum Gasteiger partial charge on any atom is 0.252 e. The highest BCUT2D eigenvalue weighted by atomic mass is 32.1. The lowest BCUT2D eigenvalue weighted by Gasteiger charge is -2.09. The van der Waals surface area contributed by atoms with Crippen molar-refractivity contribution in [2.75, 3.05) is 5.73 Å². The standard InChI is InChI=1S/C14H8N4O2S/c15-12-11-13(18-14(21)17-12)20-9-5-8(19)6-3-1-2-4-7(6)10(9)16-11/h1-5H,(H3,15,17,18,21). The number of rotatable bonds is 0. The van der Waals surface area contributed by atoms with Gasteiger partial charge in [-0.15, -0.1) is 0 Å². The van der Waals surface area contributed by atoms with Gasteiger partial charge in [-0.1, -0.05) is 24.3 Å². The summed E-state index contributed by atoms with van der Waals surface area (Å²) >= 11 is 4.96. The van der Waals surface area contributed by atoms with E-state index in [1.807, 2.05) is 12.1 Å². The Hall–Kier alpha value is -2.80. The van der Waals surface area contributed by atoms with Crippen LogP contribution in [0, 0.1) is 4.77 Å². The van der Waals surface area contributed by atoms with E-state index >= 15 is 0 Å². The smallest absolute Gasteiger partial charge is 0.252 e. The number of aromatic amines is 1. The zero-order valence-electron chi connectivity index (χ0n) is 10.6. The zero-order chi connectivity index (χ0) is 14.6. The molecule has 0 spiro atoms. The van der Waals surface area contributed by atoms with Crippen molar-refractivity contribution in [2.45, 2.75) is 0 Å². The van der Waals surface area contributed by atoms with Crippen LogP contribution in [-0.4, -0.2) is 15.0 Å². The van der Waals surface area contributed by atoms with E-state index in [0.717, 1.165) is 0 Å². The van der Waals surface area contributed by atoms with Crippen LogP contribution in [0.1, 0.15) is 0 Å². The van der Waals surface area contributed by atoms with Crippen molar-refractivity contribution in [1.29, 1.82) is 0 Å². The van der Waals surface area contributed by atoms with Crippen molar-refractivity contribution >= 4 is 40.0 Å². The van der Waals surface area contributed by atoms with Crippen molar-refractivity contribution in [2.24, 2.45) is 0 Å². The summed E-state index contributed by atoms with van der Waals surface area (Å²) in [6, 6.07) is 8.63. The molecule has 1 aliphatic heterocycles. The van der Waals surface area contributed by atoms with Gasteiger partial charge in [-0.25, -0.2) is 4.98 Å². The highest BCUT2D eigenvalue weighted by Crippen LogP contribution is 2.30. The minimum atomic E-state index is -0.128. The van der Waals surface area contributed by atoms with Crippen LogP contribution in [0.25, 0.3) is 33.5 Å². The Kier molecular flexibility index (Phi) is 2.34. The molecule has 1 aromatic carbocycles. The maximum absolute atomic E-state index is 12.1. The molecule has 2 heterocycles. The van der Waals surface area contributed by atoms with Crippen LogP contribution in [0.15, 0.2) is 39.5 Å². The number of aromatic nitrogens is 3. The molecule has 1 aliphatic carbocycles. The Morgan fingerprint density at radius 1 is 1.19 bits per heavy atom. The largest absolute Gasteiger partial charge is 0.434 e.